The molecule has 0 amide bonds. The van der Waals surface area contributed by atoms with Gasteiger partial charge < -0.3 is 24.9 Å². The van der Waals surface area contributed by atoms with E-state index in [1.54, 1.807) is 0 Å². The third-order valence-corrected chi connectivity index (χ3v) is 4.83. The summed E-state index contributed by atoms with van der Waals surface area (Å²) in [7, 11) is 0. The van der Waals surface area contributed by atoms with Crippen molar-refractivity contribution in [3.05, 3.63) is 10.5 Å². The first-order valence-electron chi connectivity index (χ1n) is 9.73. The molecule has 150 valence electrons. The number of hydrogen-bond donors (Lipinski definition) is 2. The quantitative estimate of drug-likeness (QED) is 0.603. The Labute approximate surface area is 158 Å². The number of nitrogen functional groups attached to an aromatic ring is 1. The first-order chi connectivity index (χ1) is 13.2. The highest BCUT2D eigenvalue weighted by atomic mass is 16.5. The van der Waals surface area contributed by atoms with Crippen molar-refractivity contribution in [1.29, 1.82) is 0 Å². The summed E-state index contributed by atoms with van der Waals surface area (Å²) < 4.78 is 18.2. The van der Waals surface area contributed by atoms with Crippen molar-refractivity contribution >= 4 is 17.0 Å². The lowest BCUT2D eigenvalue weighted by atomic mass is 9.97. The van der Waals surface area contributed by atoms with E-state index in [4.69, 9.17) is 19.9 Å². The highest BCUT2D eigenvalue weighted by Crippen LogP contribution is 2.19. The number of nitrogens with one attached hydrogen (secondary N) is 1. The van der Waals surface area contributed by atoms with Gasteiger partial charge in [0, 0.05) is 19.8 Å². The molecule has 27 heavy (non-hydrogen) atoms. The molecule has 2 aromatic rings. The van der Waals surface area contributed by atoms with Crippen LogP contribution in [0.1, 0.15) is 39.0 Å². The Balaban J connectivity index is 1.57. The number of unbranched alkanes of at least 4 members (excludes halogenated alkanes) is 1. The number of aromatic nitrogens is 4. The van der Waals surface area contributed by atoms with E-state index in [1.165, 1.54) is 4.57 Å². The Morgan fingerprint density at radius 2 is 2.07 bits per heavy atom. The van der Waals surface area contributed by atoms with Gasteiger partial charge in [-0.05, 0) is 31.6 Å². The summed E-state index contributed by atoms with van der Waals surface area (Å²) in [6, 6.07) is 0.196. The smallest absolute Gasteiger partial charge is 0.327 e. The third kappa shape index (κ3) is 5.20. The molecule has 0 saturated carbocycles. The van der Waals surface area contributed by atoms with E-state index in [9.17, 15) is 4.79 Å². The van der Waals surface area contributed by atoms with Gasteiger partial charge in [0.05, 0.1) is 19.8 Å². The lowest BCUT2D eigenvalue weighted by Crippen LogP contribution is -2.21. The van der Waals surface area contributed by atoms with Crippen molar-refractivity contribution in [3.8, 4) is 6.01 Å². The number of imidazole rings is 1. The Morgan fingerprint density at radius 1 is 1.26 bits per heavy atom. The van der Waals surface area contributed by atoms with Gasteiger partial charge in [0.1, 0.15) is 5.52 Å². The number of hydrogen-bond acceptors (Lipinski definition) is 7. The van der Waals surface area contributed by atoms with Gasteiger partial charge in [-0.2, -0.15) is 9.97 Å². The normalized spacial score (nSPS) is 15.4. The summed E-state index contributed by atoms with van der Waals surface area (Å²) in [5.41, 5.74) is 6.56. The number of nitrogens with two attached hydrogens (primary N) is 1. The molecule has 2 aromatic heterocycles. The monoisotopic (exact) mass is 379 g/mol. The summed E-state index contributed by atoms with van der Waals surface area (Å²) in [6.07, 6.45) is 5.14. The van der Waals surface area contributed by atoms with Gasteiger partial charge in [0.2, 0.25) is 0 Å². The molecule has 0 aliphatic carbocycles. The Kier molecular flexibility index (Phi) is 7.05. The van der Waals surface area contributed by atoms with Crippen LogP contribution in [0.2, 0.25) is 0 Å². The van der Waals surface area contributed by atoms with Crippen molar-refractivity contribution in [2.45, 2.75) is 45.6 Å². The van der Waals surface area contributed by atoms with E-state index in [1.807, 2.05) is 0 Å². The fourth-order valence-electron chi connectivity index (χ4n) is 3.15. The molecule has 1 fully saturated rings. The Bertz CT molecular complexity index is 782. The predicted octanol–water partition coefficient (Wildman–Crippen LogP) is 1.71. The molecule has 3 heterocycles. The van der Waals surface area contributed by atoms with Crippen LogP contribution < -0.4 is 16.2 Å². The summed E-state index contributed by atoms with van der Waals surface area (Å²) in [6.45, 7) is 5.81. The molecule has 1 saturated heterocycles. The maximum absolute atomic E-state index is 12.2. The summed E-state index contributed by atoms with van der Waals surface area (Å²) in [5.74, 6) is 0.882. The average Bonchev–Trinajstić information content (AvgIpc) is 2.99. The molecule has 1 aliphatic heterocycles. The molecule has 0 aromatic carbocycles. The van der Waals surface area contributed by atoms with Crippen LogP contribution >= 0.6 is 0 Å². The number of fused-ring (bicyclic) bond motifs is 1. The number of H-pyrrole nitrogens is 1. The average molecular weight is 379 g/mol. The first kappa shape index (κ1) is 19.6. The molecule has 9 nitrogen and oxygen atoms in total. The van der Waals surface area contributed by atoms with Crippen molar-refractivity contribution in [1.82, 2.24) is 19.5 Å². The van der Waals surface area contributed by atoms with E-state index < -0.39 is 0 Å². The van der Waals surface area contributed by atoms with Crippen LogP contribution in [-0.4, -0.2) is 52.6 Å². The van der Waals surface area contributed by atoms with Crippen LogP contribution in [0.5, 0.6) is 6.01 Å². The maximum Gasteiger partial charge on any atom is 0.327 e. The standard InChI is InChI=1S/C18H29N5O4/c1-2-3-8-27-17-21-15(19)14-16(22-17)23(18(24)20-14)7-12-26-11-6-13-4-9-25-10-5-13/h13H,2-12H2,1H3,(H,20,24)(H2,19,21,22). The van der Waals surface area contributed by atoms with Gasteiger partial charge in [-0.25, -0.2) is 4.79 Å². The molecule has 9 heteroatoms. The van der Waals surface area contributed by atoms with Crippen LogP contribution in [0.4, 0.5) is 5.82 Å². The minimum absolute atomic E-state index is 0.196. The Morgan fingerprint density at radius 3 is 2.85 bits per heavy atom. The van der Waals surface area contributed by atoms with E-state index in [0.717, 1.165) is 45.3 Å². The minimum Gasteiger partial charge on any atom is -0.463 e. The highest BCUT2D eigenvalue weighted by molar-refractivity contribution is 5.81. The summed E-state index contributed by atoms with van der Waals surface area (Å²) >= 11 is 0. The molecule has 0 spiro atoms. The fraction of sp³-hybridized carbons (Fsp3) is 0.722. The number of anilines is 1. The van der Waals surface area contributed by atoms with Crippen molar-refractivity contribution < 1.29 is 14.2 Å². The van der Waals surface area contributed by atoms with Crippen LogP contribution in [0.3, 0.4) is 0 Å². The third-order valence-electron chi connectivity index (χ3n) is 4.83. The zero-order valence-electron chi connectivity index (χ0n) is 15.9. The minimum atomic E-state index is -0.273. The molecule has 1 aliphatic rings. The lowest BCUT2D eigenvalue weighted by Gasteiger charge is -2.21. The van der Waals surface area contributed by atoms with E-state index in [-0.39, 0.29) is 17.5 Å². The second-order valence-corrected chi connectivity index (χ2v) is 6.83. The summed E-state index contributed by atoms with van der Waals surface area (Å²) in [4.78, 5) is 23.4. The molecular formula is C18H29N5O4. The molecule has 0 atom stereocenters. The van der Waals surface area contributed by atoms with Crippen molar-refractivity contribution in [2.24, 2.45) is 5.92 Å². The topological polar surface area (TPSA) is 117 Å². The lowest BCUT2D eigenvalue weighted by molar-refractivity contribution is 0.0464. The SMILES string of the molecule is CCCCOc1nc(N)c2[nH]c(=O)n(CCOCCC3CCOCC3)c2n1. The van der Waals surface area contributed by atoms with Crippen LogP contribution in [0.25, 0.3) is 11.2 Å². The van der Waals surface area contributed by atoms with Crippen molar-refractivity contribution in [3.63, 3.8) is 0 Å². The van der Waals surface area contributed by atoms with Gasteiger partial charge in [-0.3, -0.25) is 4.57 Å². The van der Waals surface area contributed by atoms with Crippen LogP contribution in [-0.2, 0) is 16.0 Å². The number of rotatable bonds is 10. The first-order valence-corrected chi connectivity index (χ1v) is 9.73. The molecule has 0 radical (unpaired) electrons. The molecule has 3 rings (SSSR count). The molecule has 0 unspecified atom stereocenters. The van der Waals surface area contributed by atoms with Gasteiger partial charge >= 0.3 is 11.7 Å². The molecular weight excluding hydrogens is 350 g/mol. The highest BCUT2D eigenvalue weighted by Gasteiger charge is 2.15. The van der Waals surface area contributed by atoms with E-state index in [2.05, 4.69) is 21.9 Å². The molecule has 3 N–H and O–H groups in total. The van der Waals surface area contributed by atoms with Crippen LogP contribution in [0, 0.1) is 5.92 Å². The predicted molar refractivity (Wildman–Crippen MR) is 102 cm³/mol. The fourth-order valence-corrected chi connectivity index (χ4v) is 3.15. The second-order valence-electron chi connectivity index (χ2n) is 6.83. The zero-order valence-corrected chi connectivity index (χ0v) is 15.9. The number of ether oxygens (including phenoxy) is 3. The van der Waals surface area contributed by atoms with Crippen molar-refractivity contribution in [2.75, 3.05) is 38.8 Å². The zero-order chi connectivity index (χ0) is 19.1. The largest absolute Gasteiger partial charge is 0.463 e. The molecule has 0 bridgehead atoms. The van der Waals surface area contributed by atoms with Gasteiger partial charge in [-0.1, -0.05) is 13.3 Å². The number of nitrogens with zero attached hydrogens (tertiary/aromatic N) is 3. The van der Waals surface area contributed by atoms with E-state index in [0.29, 0.717) is 43.4 Å². The van der Waals surface area contributed by atoms with Gasteiger partial charge in [0.25, 0.3) is 0 Å². The second kappa shape index (κ2) is 9.70. The summed E-state index contributed by atoms with van der Waals surface area (Å²) in [5, 5.41) is 0. The van der Waals surface area contributed by atoms with Crippen LogP contribution in [0.15, 0.2) is 4.79 Å². The van der Waals surface area contributed by atoms with Gasteiger partial charge in [0.15, 0.2) is 11.5 Å². The maximum atomic E-state index is 12.2. The van der Waals surface area contributed by atoms with E-state index >= 15 is 0 Å². The Hall–Kier alpha value is -2.13. The number of aromatic amines is 1. The van der Waals surface area contributed by atoms with Gasteiger partial charge in [-0.15, -0.1) is 0 Å².